The number of nitrogens with one attached hydrogen (secondary N) is 1. The average Bonchev–Trinajstić information content (AvgIpc) is 3.48. The van der Waals surface area contributed by atoms with Gasteiger partial charge in [0.15, 0.2) is 0 Å². The first kappa shape index (κ1) is 43.5. The maximum Gasteiger partial charge on any atom is 0.252 e. The van der Waals surface area contributed by atoms with Crippen molar-refractivity contribution in [3.63, 3.8) is 0 Å². The summed E-state index contributed by atoms with van der Waals surface area (Å²) in [5.41, 5.74) is 33.0. The first-order valence-corrected chi connectivity index (χ1v) is 27.9. The maximum absolute atomic E-state index is 4.12. The summed E-state index contributed by atoms with van der Waals surface area (Å²) in [6, 6.07) is 77.2. The SMILES string of the molecule is CC(C)c1cc(C(C)C)c2c(c1)C(C)c1cccc3c1B1c4cc5c(cc4N(c4c(-c6ccccc6)cccc4-c4ccccc4)c4cc6c7c(c41)N3c1ccccc1B7c1ccccc1N6)Sc1ccccc1B52. The summed E-state index contributed by atoms with van der Waals surface area (Å²) < 4.78 is 0. The van der Waals surface area contributed by atoms with Crippen LogP contribution in [0, 0.1) is 0 Å². The molecule has 75 heavy (non-hydrogen) atoms. The van der Waals surface area contributed by atoms with E-state index in [1.165, 1.54) is 149 Å². The van der Waals surface area contributed by atoms with Gasteiger partial charge in [-0.15, -0.1) is 0 Å². The molecule has 6 aliphatic heterocycles. The second-order valence-electron chi connectivity index (χ2n) is 22.3. The minimum atomic E-state index is -0.0592. The summed E-state index contributed by atoms with van der Waals surface area (Å²) >= 11 is 1.96. The zero-order valence-corrected chi connectivity index (χ0v) is 43.6. The van der Waals surface area contributed by atoms with Crippen LogP contribution >= 0.6 is 11.8 Å². The fourth-order valence-electron chi connectivity index (χ4n) is 14.5. The van der Waals surface area contributed by atoms with E-state index < -0.39 is 0 Å². The van der Waals surface area contributed by atoms with Crippen LogP contribution in [-0.2, 0) is 0 Å². The molecule has 0 saturated heterocycles. The van der Waals surface area contributed by atoms with E-state index in [1.54, 1.807) is 0 Å². The fraction of sp³-hybridized carbons (Fsp3) is 0.118. The molecule has 6 aliphatic rings. The molecule has 2 bridgehead atoms. The molecule has 1 N–H and O–H groups in total. The van der Waals surface area contributed by atoms with Crippen molar-refractivity contribution in [3.05, 3.63) is 222 Å². The van der Waals surface area contributed by atoms with E-state index in [2.05, 4.69) is 250 Å². The van der Waals surface area contributed by atoms with Gasteiger partial charge < -0.3 is 15.1 Å². The molecule has 354 valence electrons. The van der Waals surface area contributed by atoms with Crippen LogP contribution in [0.25, 0.3) is 22.3 Å². The van der Waals surface area contributed by atoms with Gasteiger partial charge in [-0.3, -0.25) is 0 Å². The third-order valence-electron chi connectivity index (χ3n) is 17.8. The lowest BCUT2D eigenvalue weighted by atomic mass is 9.27. The number of benzene rings is 10. The fourth-order valence-corrected chi connectivity index (χ4v) is 15.7. The number of rotatable bonds is 5. The van der Waals surface area contributed by atoms with Gasteiger partial charge in [0.25, 0.3) is 13.4 Å². The van der Waals surface area contributed by atoms with Crippen molar-refractivity contribution in [1.29, 1.82) is 0 Å². The van der Waals surface area contributed by atoms with E-state index in [1.807, 2.05) is 11.8 Å². The van der Waals surface area contributed by atoms with Crippen molar-refractivity contribution < 1.29 is 0 Å². The Hall–Kier alpha value is -7.86. The number of anilines is 8. The first-order chi connectivity index (χ1) is 36.8. The van der Waals surface area contributed by atoms with Gasteiger partial charge in [0.2, 0.25) is 6.71 Å². The van der Waals surface area contributed by atoms with Crippen molar-refractivity contribution in [2.24, 2.45) is 0 Å². The highest BCUT2D eigenvalue weighted by molar-refractivity contribution is 8.00. The highest BCUT2D eigenvalue weighted by Gasteiger charge is 2.53. The molecule has 1 atom stereocenters. The highest BCUT2D eigenvalue weighted by atomic mass is 32.2. The molecule has 10 aromatic carbocycles. The Morgan fingerprint density at radius 3 is 1.80 bits per heavy atom. The van der Waals surface area contributed by atoms with Crippen LogP contribution in [0.4, 0.5) is 45.5 Å². The lowest BCUT2D eigenvalue weighted by Crippen LogP contribution is -2.69. The maximum atomic E-state index is 4.12. The topological polar surface area (TPSA) is 18.5 Å². The third kappa shape index (κ3) is 5.99. The van der Waals surface area contributed by atoms with E-state index >= 15 is 0 Å². The van der Waals surface area contributed by atoms with E-state index in [-0.39, 0.29) is 26.1 Å². The van der Waals surface area contributed by atoms with Crippen LogP contribution in [0.15, 0.2) is 210 Å². The van der Waals surface area contributed by atoms with Gasteiger partial charge in [-0.1, -0.05) is 227 Å². The highest BCUT2D eigenvalue weighted by Crippen LogP contribution is 2.53. The van der Waals surface area contributed by atoms with Gasteiger partial charge in [0, 0.05) is 66.6 Å². The largest absolute Gasteiger partial charge is 0.356 e. The molecule has 0 fully saturated rings. The van der Waals surface area contributed by atoms with Gasteiger partial charge in [-0.05, 0) is 114 Å². The van der Waals surface area contributed by atoms with Crippen molar-refractivity contribution in [3.8, 4) is 22.3 Å². The van der Waals surface area contributed by atoms with Crippen LogP contribution in [-0.4, -0.2) is 20.1 Å². The molecule has 0 amide bonds. The number of nitrogens with zero attached hydrogens (tertiary/aromatic N) is 2. The standard InChI is InChI=1S/C68H52B3N3S/c1-39(2)44-34-48(40(3)4)63-49(35-44)41(5)45-24-19-32-58-64(45)71-53-36-54-62(75-61-33-17-14-29-52(61)70(54)63)38-59(53)74(67-46(42-20-8-6-9-21-42)25-18-26-47(67)43-22-10-7-11-23-43)60-37-56-65-68(66(60)71)73(58)57-31-16-13-28-51(57)69(65)50-27-12-15-30-55(50)72-56/h6-41,72H,1-5H3. The Bertz CT molecular complexity index is 4040. The summed E-state index contributed by atoms with van der Waals surface area (Å²) in [5, 5.41) is 4.12. The van der Waals surface area contributed by atoms with Crippen LogP contribution < -0.4 is 64.3 Å². The molecule has 3 nitrogen and oxygen atoms in total. The van der Waals surface area contributed by atoms with Gasteiger partial charge in [-0.2, -0.15) is 0 Å². The second kappa shape index (κ2) is 16.1. The molecule has 10 aromatic rings. The molecule has 1 unspecified atom stereocenters. The zero-order chi connectivity index (χ0) is 50.0. The predicted octanol–water partition coefficient (Wildman–Crippen LogP) is 11.7. The minimum absolute atomic E-state index is 0.0498. The molecule has 0 aliphatic carbocycles. The third-order valence-corrected chi connectivity index (χ3v) is 18.9. The van der Waals surface area contributed by atoms with Crippen molar-refractivity contribution in [1.82, 2.24) is 0 Å². The lowest BCUT2D eigenvalue weighted by Gasteiger charge is -2.51. The smallest absolute Gasteiger partial charge is 0.252 e. The summed E-state index contributed by atoms with van der Waals surface area (Å²) in [6.07, 6.45) is 0. The molecule has 0 spiro atoms. The second-order valence-corrected chi connectivity index (χ2v) is 23.4. The van der Waals surface area contributed by atoms with E-state index in [0.717, 1.165) is 0 Å². The molecular weight excluding hydrogens is 923 g/mol. The van der Waals surface area contributed by atoms with Gasteiger partial charge in [0.05, 0.1) is 5.69 Å². The van der Waals surface area contributed by atoms with Crippen molar-refractivity contribution in [2.45, 2.75) is 62.2 Å². The van der Waals surface area contributed by atoms with E-state index in [9.17, 15) is 0 Å². The quantitative estimate of drug-likeness (QED) is 0.173. The van der Waals surface area contributed by atoms with Crippen molar-refractivity contribution >= 4 is 127 Å². The normalized spacial score (nSPS) is 15.3. The molecule has 7 heteroatoms. The monoisotopic (exact) mass is 975 g/mol. The zero-order valence-electron chi connectivity index (χ0n) is 42.8. The van der Waals surface area contributed by atoms with Crippen LogP contribution in [0.5, 0.6) is 0 Å². The Balaban J connectivity index is 1.12. The van der Waals surface area contributed by atoms with Gasteiger partial charge in [0.1, 0.15) is 0 Å². The molecule has 0 radical (unpaired) electrons. The minimum Gasteiger partial charge on any atom is -0.356 e. The summed E-state index contributed by atoms with van der Waals surface area (Å²) in [6.45, 7) is 12.2. The van der Waals surface area contributed by atoms with Gasteiger partial charge >= 0.3 is 0 Å². The number of hydrogen-bond donors (Lipinski definition) is 1. The molecule has 0 aromatic heterocycles. The number of para-hydroxylation sites is 3. The molecule has 6 heterocycles. The number of fused-ring (bicyclic) bond motifs is 10. The predicted molar refractivity (Wildman–Crippen MR) is 323 cm³/mol. The van der Waals surface area contributed by atoms with Crippen LogP contribution in [0.2, 0.25) is 0 Å². The van der Waals surface area contributed by atoms with Crippen LogP contribution in [0.3, 0.4) is 0 Å². The molecule has 16 rings (SSSR count). The Labute approximate surface area is 445 Å². The van der Waals surface area contributed by atoms with E-state index in [4.69, 9.17) is 0 Å². The van der Waals surface area contributed by atoms with E-state index in [0.29, 0.717) is 11.8 Å². The van der Waals surface area contributed by atoms with Gasteiger partial charge in [-0.25, -0.2) is 0 Å². The Morgan fingerprint density at radius 1 is 0.413 bits per heavy atom. The summed E-state index contributed by atoms with van der Waals surface area (Å²) in [7, 11) is 0. The van der Waals surface area contributed by atoms with Crippen LogP contribution in [0.1, 0.15) is 74.6 Å². The first-order valence-electron chi connectivity index (χ1n) is 27.1. The van der Waals surface area contributed by atoms with Crippen molar-refractivity contribution in [2.75, 3.05) is 15.1 Å². The molecular formula is C68H52B3N3S. The number of hydrogen-bond acceptors (Lipinski definition) is 4. The Morgan fingerprint density at radius 2 is 1.05 bits per heavy atom. The Kier molecular flexibility index (Phi) is 9.33. The molecule has 0 saturated carbocycles. The summed E-state index contributed by atoms with van der Waals surface area (Å²) in [4.78, 5) is 8.10. The summed E-state index contributed by atoms with van der Waals surface area (Å²) in [5.74, 6) is 0.803. The lowest BCUT2D eigenvalue weighted by molar-refractivity contribution is 0.824. The average molecular weight is 976 g/mol.